The van der Waals surface area contributed by atoms with Crippen LogP contribution in [0.15, 0.2) is 53.0 Å². The molecule has 1 atom stereocenters. The molecule has 4 nitrogen and oxygen atoms in total. The maximum atomic E-state index is 12.1. The van der Waals surface area contributed by atoms with Gasteiger partial charge in [-0.2, -0.15) is 0 Å². The lowest BCUT2D eigenvalue weighted by Crippen LogP contribution is -2.32. The summed E-state index contributed by atoms with van der Waals surface area (Å²) in [7, 11) is 1.61. The molecule has 2 aromatic rings. The molecule has 0 bridgehead atoms. The highest BCUT2D eigenvalue weighted by Crippen LogP contribution is 2.19. The van der Waals surface area contributed by atoms with Crippen molar-refractivity contribution in [3.8, 4) is 5.75 Å². The number of aliphatic hydroxyl groups is 1. The Balaban J connectivity index is 1.83. The molecule has 0 aromatic heterocycles. The second-order valence-electron chi connectivity index (χ2n) is 5.67. The molecule has 0 unspecified atom stereocenters. The van der Waals surface area contributed by atoms with Gasteiger partial charge >= 0.3 is 0 Å². The van der Waals surface area contributed by atoms with Crippen molar-refractivity contribution in [3.05, 3.63) is 64.1 Å². The first kappa shape index (κ1) is 18.5. The molecule has 1 amide bonds. The van der Waals surface area contributed by atoms with E-state index in [4.69, 9.17) is 4.74 Å². The Hall–Kier alpha value is -1.85. The third kappa shape index (κ3) is 5.65. The molecule has 0 radical (unpaired) electrons. The minimum atomic E-state index is -0.0502. The van der Waals surface area contributed by atoms with Gasteiger partial charge in [0.15, 0.2) is 0 Å². The first-order valence-electron chi connectivity index (χ1n) is 7.86. The Morgan fingerprint density at radius 3 is 2.54 bits per heavy atom. The Bertz CT molecular complexity index is 658. The Kier molecular flexibility index (Phi) is 7.28. The standard InChI is InChI=1S/C19H22BrNO3/c1-24-17-8-6-14(7-9-17)11-19(23)21-12-15(13-22)10-16-4-2-3-5-18(16)20/h2-9,15,22H,10-13H2,1H3,(H,21,23)/t15-/m0/s1. The van der Waals surface area contributed by atoms with Crippen molar-refractivity contribution in [2.24, 2.45) is 5.92 Å². The topological polar surface area (TPSA) is 58.6 Å². The molecular formula is C19H22BrNO3. The van der Waals surface area contributed by atoms with Gasteiger partial charge < -0.3 is 15.2 Å². The molecule has 0 aliphatic heterocycles. The van der Waals surface area contributed by atoms with Crippen LogP contribution >= 0.6 is 15.9 Å². The van der Waals surface area contributed by atoms with E-state index >= 15 is 0 Å². The average Bonchev–Trinajstić information content (AvgIpc) is 2.60. The molecule has 0 fully saturated rings. The molecular weight excluding hydrogens is 370 g/mol. The summed E-state index contributed by atoms with van der Waals surface area (Å²) in [5.41, 5.74) is 2.06. The second kappa shape index (κ2) is 9.45. The van der Waals surface area contributed by atoms with Crippen LogP contribution in [-0.4, -0.2) is 31.3 Å². The Morgan fingerprint density at radius 2 is 1.92 bits per heavy atom. The first-order chi connectivity index (χ1) is 11.6. The lowest BCUT2D eigenvalue weighted by atomic mass is 10.00. The number of ether oxygens (including phenoxy) is 1. The summed E-state index contributed by atoms with van der Waals surface area (Å²) >= 11 is 3.51. The minimum absolute atomic E-state index is 0.0106. The molecule has 0 aliphatic carbocycles. The molecule has 2 rings (SSSR count). The Morgan fingerprint density at radius 1 is 1.21 bits per heavy atom. The molecule has 2 N–H and O–H groups in total. The van der Waals surface area contributed by atoms with E-state index in [-0.39, 0.29) is 18.4 Å². The summed E-state index contributed by atoms with van der Waals surface area (Å²) in [6.07, 6.45) is 1.03. The maximum absolute atomic E-state index is 12.1. The lowest BCUT2D eigenvalue weighted by molar-refractivity contribution is -0.120. The average molecular weight is 392 g/mol. The number of aliphatic hydroxyl groups excluding tert-OH is 1. The van der Waals surface area contributed by atoms with Crippen molar-refractivity contribution in [2.45, 2.75) is 12.8 Å². The van der Waals surface area contributed by atoms with E-state index in [1.165, 1.54) is 0 Å². The fraction of sp³-hybridized carbons (Fsp3) is 0.316. The van der Waals surface area contributed by atoms with Crippen LogP contribution in [0.2, 0.25) is 0 Å². The van der Waals surface area contributed by atoms with E-state index in [2.05, 4.69) is 21.2 Å². The molecule has 5 heteroatoms. The van der Waals surface area contributed by atoms with E-state index in [1.54, 1.807) is 7.11 Å². The van der Waals surface area contributed by atoms with Crippen LogP contribution in [0.5, 0.6) is 5.75 Å². The van der Waals surface area contributed by atoms with Crippen LogP contribution in [0.3, 0.4) is 0 Å². The van der Waals surface area contributed by atoms with E-state index < -0.39 is 0 Å². The molecule has 0 saturated carbocycles. The third-order valence-electron chi connectivity index (χ3n) is 3.84. The van der Waals surface area contributed by atoms with Gasteiger partial charge in [-0.1, -0.05) is 46.3 Å². The second-order valence-corrected chi connectivity index (χ2v) is 6.53. The highest BCUT2D eigenvalue weighted by atomic mass is 79.9. The van der Waals surface area contributed by atoms with Gasteiger partial charge in [-0.25, -0.2) is 0 Å². The van der Waals surface area contributed by atoms with E-state index in [0.29, 0.717) is 19.4 Å². The van der Waals surface area contributed by atoms with Crippen LogP contribution in [0, 0.1) is 5.92 Å². The Labute approximate surface area is 151 Å². The fourth-order valence-corrected chi connectivity index (χ4v) is 2.87. The number of methoxy groups -OCH3 is 1. The summed E-state index contributed by atoms with van der Waals surface area (Å²) in [5, 5.41) is 12.5. The summed E-state index contributed by atoms with van der Waals surface area (Å²) < 4.78 is 6.12. The van der Waals surface area contributed by atoms with Gasteiger partial charge in [0, 0.05) is 23.5 Å². The number of hydrogen-bond donors (Lipinski definition) is 2. The summed E-state index contributed by atoms with van der Waals surface area (Å²) in [6, 6.07) is 15.4. The molecule has 2 aromatic carbocycles. The fourth-order valence-electron chi connectivity index (χ4n) is 2.43. The third-order valence-corrected chi connectivity index (χ3v) is 4.61. The molecule has 0 aliphatic rings. The summed E-state index contributed by atoms with van der Waals surface area (Å²) in [6.45, 7) is 0.483. The van der Waals surface area contributed by atoms with E-state index in [1.807, 2.05) is 48.5 Å². The van der Waals surface area contributed by atoms with Gasteiger partial charge in [0.2, 0.25) is 5.91 Å². The number of benzene rings is 2. The summed E-state index contributed by atoms with van der Waals surface area (Å²) in [4.78, 5) is 12.1. The predicted molar refractivity (Wildman–Crippen MR) is 98.1 cm³/mol. The van der Waals surface area contributed by atoms with Crippen LogP contribution in [0.25, 0.3) is 0 Å². The zero-order chi connectivity index (χ0) is 17.4. The molecule has 0 heterocycles. The highest BCUT2D eigenvalue weighted by Gasteiger charge is 2.12. The van der Waals surface area contributed by atoms with Gasteiger partial charge in [-0.15, -0.1) is 0 Å². The van der Waals surface area contributed by atoms with Crippen molar-refractivity contribution in [3.63, 3.8) is 0 Å². The zero-order valence-electron chi connectivity index (χ0n) is 13.7. The van der Waals surface area contributed by atoms with Crippen molar-refractivity contribution in [1.29, 1.82) is 0 Å². The maximum Gasteiger partial charge on any atom is 0.224 e. The summed E-state index contributed by atoms with van der Waals surface area (Å²) in [5.74, 6) is 0.710. The number of halogens is 1. The number of carbonyl (C=O) groups is 1. The van der Waals surface area contributed by atoms with Crippen LogP contribution < -0.4 is 10.1 Å². The lowest BCUT2D eigenvalue weighted by Gasteiger charge is -2.16. The van der Waals surface area contributed by atoms with Crippen molar-refractivity contribution in [2.75, 3.05) is 20.3 Å². The number of amides is 1. The van der Waals surface area contributed by atoms with Crippen LogP contribution in [0.4, 0.5) is 0 Å². The minimum Gasteiger partial charge on any atom is -0.497 e. The van der Waals surface area contributed by atoms with Crippen LogP contribution in [-0.2, 0) is 17.6 Å². The van der Waals surface area contributed by atoms with Gasteiger partial charge in [-0.3, -0.25) is 4.79 Å². The molecule has 0 saturated heterocycles. The van der Waals surface area contributed by atoms with E-state index in [9.17, 15) is 9.90 Å². The van der Waals surface area contributed by atoms with E-state index in [0.717, 1.165) is 21.3 Å². The number of rotatable bonds is 8. The molecule has 0 spiro atoms. The van der Waals surface area contributed by atoms with Gasteiger partial charge in [0.1, 0.15) is 5.75 Å². The monoisotopic (exact) mass is 391 g/mol. The van der Waals surface area contributed by atoms with Crippen LogP contribution in [0.1, 0.15) is 11.1 Å². The largest absolute Gasteiger partial charge is 0.497 e. The van der Waals surface area contributed by atoms with Crippen molar-refractivity contribution < 1.29 is 14.6 Å². The first-order valence-corrected chi connectivity index (χ1v) is 8.65. The van der Waals surface area contributed by atoms with Gasteiger partial charge in [0.25, 0.3) is 0 Å². The normalized spacial score (nSPS) is 11.8. The van der Waals surface area contributed by atoms with Crippen molar-refractivity contribution >= 4 is 21.8 Å². The predicted octanol–water partition coefficient (Wildman–Crippen LogP) is 2.97. The number of carbonyl (C=O) groups excluding carboxylic acids is 1. The quantitative estimate of drug-likeness (QED) is 0.726. The smallest absolute Gasteiger partial charge is 0.224 e. The molecule has 128 valence electrons. The number of nitrogens with one attached hydrogen (secondary N) is 1. The van der Waals surface area contributed by atoms with Gasteiger partial charge in [-0.05, 0) is 35.7 Å². The van der Waals surface area contributed by atoms with Crippen molar-refractivity contribution in [1.82, 2.24) is 5.32 Å². The molecule has 24 heavy (non-hydrogen) atoms. The number of hydrogen-bond acceptors (Lipinski definition) is 3. The highest BCUT2D eigenvalue weighted by molar-refractivity contribution is 9.10. The SMILES string of the molecule is COc1ccc(CC(=O)NC[C@@H](CO)Cc2ccccc2Br)cc1. The zero-order valence-corrected chi connectivity index (χ0v) is 15.3. The van der Waals surface area contributed by atoms with Gasteiger partial charge in [0.05, 0.1) is 13.5 Å².